The Labute approximate surface area is 85.3 Å². The highest BCUT2D eigenvalue weighted by Crippen LogP contribution is 2.26. The first-order chi connectivity index (χ1) is 6.52. The average Bonchev–Trinajstić information content (AvgIpc) is 2.08. The normalized spacial score (nSPS) is 21.7. The molecule has 0 spiro atoms. The van der Waals surface area contributed by atoms with Crippen molar-refractivity contribution >= 4 is 5.97 Å². The first kappa shape index (κ1) is 11.5. The van der Waals surface area contributed by atoms with Crippen LogP contribution in [0.4, 0.5) is 0 Å². The average molecular weight is 200 g/mol. The van der Waals surface area contributed by atoms with E-state index in [9.17, 15) is 4.79 Å². The number of aliphatic carboxylic acids is 1. The molecule has 0 radical (unpaired) electrons. The van der Waals surface area contributed by atoms with E-state index in [2.05, 4.69) is 24.1 Å². The molecule has 1 aliphatic heterocycles. The number of carbonyl (C=O) groups is 1. The van der Waals surface area contributed by atoms with Crippen LogP contribution >= 0.6 is 0 Å². The fourth-order valence-electron chi connectivity index (χ4n) is 1.94. The van der Waals surface area contributed by atoms with Crippen LogP contribution in [0.25, 0.3) is 0 Å². The number of likely N-dealkylation sites (N-methyl/N-ethyl adjacent to an activating group) is 1. The van der Waals surface area contributed by atoms with Crippen LogP contribution in [0.3, 0.4) is 0 Å². The van der Waals surface area contributed by atoms with Gasteiger partial charge in [-0.3, -0.25) is 9.69 Å². The molecule has 1 saturated heterocycles. The van der Waals surface area contributed by atoms with Gasteiger partial charge in [-0.1, -0.05) is 6.92 Å². The fraction of sp³-hybridized carbons (Fsp3) is 0.900. The number of hydrogen-bond donors (Lipinski definition) is 2. The van der Waals surface area contributed by atoms with Gasteiger partial charge in [0, 0.05) is 19.1 Å². The van der Waals surface area contributed by atoms with Crippen molar-refractivity contribution in [3.63, 3.8) is 0 Å². The van der Waals surface area contributed by atoms with Crippen molar-refractivity contribution in [2.45, 2.75) is 38.3 Å². The van der Waals surface area contributed by atoms with Crippen molar-refractivity contribution in [3.8, 4) is 0 Å². The second kappa shape index (κ2) is 4.28. The summed E-state index contributed by atoms with van der Waals surface area (Å²) in [6, 6.07) is 0.441. The van der Waals surface area contributed by atoms with E-state index in [-0.39, 0.29) is 12.0 Å². The molecule has 0 aromatic heterocycles. The number of nitrogens with zero attached hydrogens (tertiary/aromatic N) is 1. The van der Waals surface area contributed by atoms with E-state index in [1.165, 1.54) is 0 Å². The van der Waals surface area contributed by atoms with E-state index < -0.39 is 5.97 Å². The molecule has 1 heterocycles. The largest absolute Gasteiger partial charge is 0.481 e. The minimum atomic E-state index is -0.707. The Morgan fingerprint density at radius 3 is 2.50 bits per heavy atom. The molecular formula is C10H20N2O2. The summed E-state index contributed by atoms with van der Waals surface area (Å²) in [6.45, 7) is 5.85. The van der Waals surface area contributed by atoms with Crippen molar-refractivity contribution in [1.29, 1.82) is 0 Å². The Bertz CT molecular complexity index is 214. The summed E-state index contributed by atoms with van der Waals surface area (Å²) in [7, 11) is 2.03. The molecular weight excluding hydrogens is 180 g/mol. The maximum atomic E-state index is 10.8. The third kappa shape index (κ3) is 2.07. The van der Waals surface area contributed by atoms with Gasteiger partial charge in [0.25, 0.3) is 0 Å². The Hall–Kier alpha value is -0.610. The second-order valence-electron chi connectivity index (χ2n) is 4.27. The third-order valence-electron chi connectivity index (χ3n) is 3.39. The molecule has 1 aliphatic rings. The van der Waals surface area contributed by atoms with Crippen molar-refractivity contribution in [2.75, 3.05) is 20.1 Å². The number of rotatable bonds is 5. The van der Waals surface area contributed by atoms with Gasteiger partial charge in [-0.15, -0.1) is 0 Å². The van der Waals surface area contributed by atoms with Crippen LogP contribution in [0.15, 0.2) is 0 Å². The predicted octanol–water partition coefficient (Wildman–Crippen LogP) is 0.533. The van der Waals surface area contributed by atoms with Crippen LogP contribution in [-0.2, 0) is 4.79 Å². The van der Waals surface area contributed by atoms with Gasteiger partial charge in [0.2, 0.25) is 0 Å². The smallest absolute Gasteiger partial charge is 0.305 e. The van der Waals surface area contributed by atoms with Gasteiger partial charge < -0.3 is 10.4 Å². The molecule has 0 aromatic carbocycles. The zero-order chi connectivity index (χ0) is 10.8. The van der Waals surface area contributed by atoms with Crippen LogP contribution in [-0.4, -0.2) is 47.7 Å². The van der Waals surface area contributed by atoms with E-state index in [1.807, 2.05) is 7.05 Å². The van der Waals surface area contributed by atoms with Gasteiger partial charge in [-0.05, 0) is 20.4 Å². The molecule has 1 atom stereocenters. The van der Waals surface area contributed by atoms with Gasteiger partial charge in [-0.2, -0.15) is 0 Å². The minimum absolute atomic E-state index is 0.152. The summed E-state index contributed by atoms with van der Waals surface area (Å²) in [5, 5.41) is 12.0. The van der Waals surface area contributed by atoms with Gasteiger partial charge in [0.05, 0.1) is 12.0 Å². The predicted molar refractivity (Wildman–Crippen MR) is 55.4 cm³/mol. The monoisotopic (exact) mass is 200 g/mol. The van der Waals surface area contributed by atoms with E-state index in [0.29, 0.717) is 6.04 Å². The van der Waals surface area contributed by atoms with Gasteiger partial charge >= 0.3 is 5.97 Å². The molecule has 82 valence electrons. The first-order valence-electron chi connectivity index (χ1n) is 5.17. The molecule has 0 amide bonds. The summed E-state index contributed by atoms with van der Waals surface area (Å²) in [6.07, 6.45) is 1.29. The van der Waals surface area contributed by atoms with E-state index in [0.717, 1.165) is 19.5 Å². The fourth-order valence-corrected chi connectivity index (χ4v) is 1.94. The maximum Gasteiger partial charge on any atom is 0.305 e. The van der Waals surface area contributed by atoms with Crippen molar-refractivity contribution in [2.24, 2.45) is 0 Å². The zero-order valence-corrected chi connectivity index (χ0v) is 9.21. The van der Waals surface area contributed by atoms with Gasteiger partial charge in [-0.25, -0.2) is 0 Å². The summed E-state index contributed by atoms with van der Waals surface area (Å²) in [5.74, 6) is -0.707. The van der Waals surface area contributed by atoms with Crippen LogP contribution in [0.1, 0.15) is 26.7 Å². The molecule has 1 rings (SSSR count). The Balaban J connectivity index is 2.64. The minimum Gasteiger partial charge on any atom is -0.481 e. The number of nitrogens with one attached hydrogen (secondary N) is 1. The van der Waals surface area contributed by atoms with Crippen LogP contribution in [0, 0.1) is 0 Å². The van der Waals surface area contributed by atoms with Crippen LogP contribution < -0.4 is 5.32 Å². The second-order valence-corrected chi connectivity index (χ2v) is 4.27. The summed E-state index contributed by atoms with van der Waals surface area (Å²) >= 11 is 0. The molecule has 14 heavy (non-hydrogen) atoms. The molecule has 2 N–H and O–H groups in total. The van der Waals surface area contributed by atoms with Crippen molar-refractivity contribution in [1.82, 2.24) is 10.2 Å². The van der Waals surface area contributed by atoms with E-state index >= 15 is 0 Å². The standard InChI is InChI=1S/C10H20N2O2/c1-4-8(2)12(3)10(5-9(13)14)6-11-7-10/h8,11H,4-7H2,1-3H3,(H,13,14). The third-order valence-corrected chi connectivity index (χ3v) is 3.39. The lowest BCUT2D eigenvalue weighted by atomic mass is 9.85. The van der Waals surface area contributed by atoms with Crippen LogP contribution in [0.2, 0.25) is 0 Å². The lowest BCUT2D eigenvalue weighted by Crippen LogP contribution is -2.70. The van der Waals surface area contributed by atoms with E-state index in [4.69, 9.17) is 5.11 Å². The number of carboxylic acids is 1. The summed E-state index contributed by atoms with van der Waals surface area (Å²) < 4.78 is 0. The summed E-state index contributed by atoms with van der Waals surface area (Å²) in [4.78, 5) is 13.0. The van der Waals surface area contributed by atoms with Gasteiger partial charge in [0.1, 0.15) is 0 Å². The molecule has 0 bridgehead atoms. The molecule has 0 saturated carbocycles. The van der Waals surface area contributed by atoms with Crippen LogP contribution in [0.5, 0.6) is 0 Å². The Morgan fingerprint density at radius 2 is 2.21 bits per heavy atom. The number of carboxylic acid groups (broad SMARTS) is 1. The highest BCUT2D eigenvalue weighted by atomic mass is 16.4. The van der Waals surface area contributed by atoms with Gasteiger partial charge in [0.15, 0.2) is 0 Å². The van der Waals surface area contributed by atoms with Crippen molar-refractivity contribution in [3.05, 3.63) is 0 Å². The molecule has 4 heteroatoms. The zero-order valence-electron chi connectivity index (χ0n) is 9.21. The topological polar surface area (TPSA) is 52.6 Å². The highest BCUT2D eigenvalue weighted by molar-refractivity contribution is 5.68. The van der Waals surface area contributed by atoms with Crippen molar-refractivity contribution < 1.29 is 9.90 Å². The SMILES string of the molecule is CCC(C)N(C)C1(CC(=O)O)CNC1. The lowest BCUT2D eigenvalue weighted by Gasteiger charge is -2.50. The number of hydrogen-bond acceptors (Lipinski definition) is 3. The molecule has 4 nitrogen and oxygen atoms in total. The Kier molecular flexibility index (Phi) is 3.50. The quantitative estimate of drug-likeness (QED) is 0.680. The highest BCUT2D eigenvalue weighted by Gasteiger charge is 2.43. The first-order valence-corrected chi connectivity index (χ1v) is 5.17. The van der Waals surface area contributed by atoms with E-state index in [1.54, 1.807) is 0 Å². The summed E-state index contributed by atoms with van der Waals surface area (Å²) in [5.41, 5.74) is -0.152. The molecule has 1 fully saturated rings. The molecule has 1 unspecified atom stereocenters. The molecule has 0 aromatic rings. The molecule has 0 aliphatic carbocycles. The Morgan fingerprint density at radius 1 is 1.64 bits per heavy atom. The lowest BCUT2D eigenvalue weighted by molar-refractivity contribution is -0.142. The maximum absolute atomic E-state index is 10.8.